The molecule has 42 heavy (non-hydrogen) atoms. The van der Waals surface area contributed by atoms with E-state index in [1.54, 1.807) is 49.0 Å². The largest absolute Gasteiger partial charge is 0.497 e. The maximum Gasteiger partial charge on any atom is 0.249 e. The van der Waals surface area contributed by atoms with Crippen LogP contribution in [-0.4, -0.2) is 80.4 Å². The van der Waals surface area contributed by atoms with Gasteiger partial charge in [-0.1, -0.05) is 35.9 Å². The number of Topliss-reactive ketones (excluding diaryl/α,β-unsaturated/α-hetero) is 1. The fourth-order valence-electron chi connectivity index (χ4n) is 6.37. The van der Waals surface area contributed by atoms with E-state index in [1.165, 1.54) is 7.11 Å². The molecule has 2 amide bonds. The number of likely N-dealkylation sites (tertiary alicyclic amines) is 1. The van der Waals surface area contributed by atoms with Crippen molar-refractivity contribution < 1.29 is 28.3 Å². The molecule has 222 valence electrons. The van der Waals surface area contributed by atoms with Gasteiger partial charge in [0.05, 0.1) is 24.6 Å². The van der Waals surface area contributed by atoms with Crippen molar-refractivity contribution in [3.05, 3.63) is 87.8 Å². The lowest BCUT2D eigenvalue weighted by atomic mass is 9.76. The lowest BCUT2D eigenvalue weighted by Crippen LogP contribution is -2.55. The summed E-state index contributed by atoms with van der Waals surface area (Å²) >= 11 is 6.26. The van der Waals surface area contributed by atoms with Gasteiger partial charge in [-0.3, -0.25) is 14.4 Å². The fourth-order valence-corrected chi connectivity index (χ4v) is 6.50. The molecule has 9 nitrogen and oxygen atoms in total. The van der Waals surface area contributed by atoms with Crippen LogP contribution in [0.2, 0.25) is 5.02 Å². The Morgan fingerprint density at radius 3 is 2.19 bits per heavy atom. The molecule has 0 bridgehead atoms. The molecule has 2 aliphatic rings. The summed E-state index contributed by atoms with van der Waals surface area (Å²) in [4.78, 5) is 46.6. The van der Waals surface area contributed by atoms with E-state index in [2.05, 4.69) is 5.32 Å². The van der Waals surface area contributed by atoms with Crippen molar-refractivity contribution in [3.63, 3.8) is 0 Å². The van der Waals surface area contributed by atoms with E-state index in [1.807, 2.05) is 36.4 Å². The highest BCUT2D eigenvalue weighted by atomic mass is 35.5. The van der Waals surface area contributed by atoms with E-state index in [0.717, 1.165) is 5.56 Å². The summed E-state index contributed by atoms with van der Waals surface area (Å²) in [5.74, 6) is -0.500. The van der Waals surface area contributed by atoms with Crippen LogP contribution in [0.3, 0.4) is 0 Å². The molecule has 0 spiro atoms. The van der Waals surface area contributed by atoms with Gasteiger partial charge in [0, 0.05) is 44.2 Å². The van der Waals surface area contributed by atoms with Crippen LogP contribution in [-0.2, 0) is 14.3 Å². The summed E-state index contributed by atoms with van der Waals surface area (Å²) in [5, 5.41) is 3.81. The predicted molar refractivity (Wildman–Crippen MR) is 158 cm³/mol. The molecule has 2 fully saturated rings. The molecule has 3 heterocycles. The number of aryl methyl sites for hydroxylation is 2. The zero-order chi connectivity index (χ0) is 30.0. The zero-order valence-electron chi connectivity index (χ0n) is 24.3. The van der Waals surface area contributed by atoms with Crippen LogP contribution in [0.15, 0.2) is 59.0 Å². The van der Waals surface area contributed by atoms with Crippen LogP contribution in [0.5, 0.6) is 5.75 Å². The maximum atomic E-state index is 14.7. The van der Waals surface area contributed by atoms with Crippen LogP contribution in [0, 0.1) is 19.8 Å². The number of benzene rings is 2. The summed E-state index contributed by atoms with van der Waals surface area (Å²) in [5.41, 5.74) is 1.89. The third kappa shape index (κ3) is 5.69. The first kappa shape index (κ1) is 29.8. The lowest BCUT2D eigenvalue weighted by Gasteiger charge is -2.36. The fraction of sp³-hybridized carbons (Fsp3) is 0.406. The summed E-state index contributed by atoms with van der Waals surface area (Å²) in [6.07, 6.45) is 0. The molecule has 1 aromatic heterocycles. The smallest absolute Gasteiger partial charge is 0.249 e. The Morgan fingerprint density at radius 1 is 0.976 bits per heavy atom. The molecule has 3 aromatic rings. The molecular weight excluding hydrogens is 558 g/mol. The molecule has 4 unspecified atom stereocenters. The van der Waals surface area contributed by atoms with Gasteiger partial charge in [0.25, 0.3) is 0 Å². The highest BCUT2D eigenvalue weighted by Crippen LogP contribution is 2.52. The van der Waals surface area contributed by atoms with Crippen molar-refractivity contribution in [2.75, 3.05) is 47.0 Å². The standard InChI is InChI=1S/C32H36ClN3O6/c1-19-17-25(20(2)42-19)31(38)28-27(21-7-11-24(41-4)12-8-21)30(32(39)35-15-13-34-14-16-35)36(26(37)18-40-3)29(28)22-5-9-23(33)10-6-22/h5-12,17,27-30,34H,13-16,18H2,1-4H3. The minimum Gasteiger partial charge on any atom is -0.497 e. The van der Waals surface area contributed by atoms with Crippen molar-refractivity contribution in [1.29, 1.82) is 0 Å². The number of ether oxygens (including phenoxy) is 2. The number of methoxy groups -OCH3 is 2. The van der Waals surface area contributed by atoms with Crippen molar-refractivity contribution in [3.8, 4) is 5.75 Å². The minimum absolute atomic E-state index is 0.198. The van der Waals surface area contributed by atoms with Crippen molar-refractivity contribution >= 4 is 29.2 Å². The molecule has 2 aromatic carbocycles. The second kappa shape index (κ2) is 12.7. The Labute approximate surface area is 250 Å². The molecule has 4 atom stereocenters. The number of amides is 2. The van der Waals surface area contributed by atoms with Crippen LogP contribution in [0.1, 0.15) is 45.0 Å². The van der Waals surface area contributed by atoms with Gasteiger partial charge in [-0.05, 0) is 55.3 Å². The molecule has 10 heteroatoms. The summed E-state index contributed by atoms with van der Waals surface area (Å²) < 4.78 is 16.5. The Kier molecular flexibility index (Phi) is 9.01. The van der Waals surface area contributed by atoms with Gasteiger partial charge in [-0.2, -0.15) is 0 Å². The first-order valence-electron chi connectivity index (χ1n) is 14.1. The van der Waals surface area contributed by atoms with Crippen LogP contribution in [0.25, 0.3) is 0 Å². The number of hydrogen-bond acceptors (Lipinski definition) is 7. The molecule has 0 saturated carbocycles. The Bertz CT molecular complexity index is 1430. The quantitative estimate of drug-likeness (QED) is 0.391. The lowest BCUT2D eigenvalue weighted by molar-refractivity contribution is -0.148. The number of furan rings is 1. The van der Waals surface area contributed by atoms with E-state index in [4.69, 9.17) is 25.5 Å². The van der Waals surface area contributed by atoms with Gasteiger partial charge >= 0.3 is 0 Å². The van der Waals surface area contributed by atoms with E-state index < -0.39 is 23.9 Å². The third-order valence-corrected chi connectivity index (χ3v) is 8.48. The van der Waals surface area contributed by atoms with Gasteiger partial charge in [-0.25, -0.2) is 0 Å². The van der Waals surface area contributed by atoms with Crippen LogP contribution < -0.4 is 10.1 Å². The first-order chi connectivity index (χ1) is 20.2. The number of ketones is 1. The SMILES string of the molecule is COCC(=O)N1C(C(=O)N2CCNCC2)C(c2ccc(OC)cc2)C(C(=O)c2cc(C)oc2C)C1c1ccc(Cl)cc1. The second-order valence-corrected chi connectivity index (χ2v) is 11.2. The predicted octanol–water partition coefficient (Wildman–Crippen LogP) is 4.17. The first-order valence-corrected chi connectivity index (χ1v) is 14.4. The third-order valence-electron chi connectivity index (χ3n) is 8.23. The number of carbonyl (C=O) groups is 3. The molecule has 2 aliphatic heterocycles. The molecular formula is C32H36ClN3O6. The topological polar surface area (TPSA) is 101 Å². The molecule has 0 radical (unpaired) electrons. The Morgan fingerprint density at radius 2 is 1.62 bits per heavy atom. The second-order valence-electron chi connectivity index (χ2n) is 10.8. The molecule has 5 rings (SSSR count). The number of carbonyl (C=O) groups excluding carboxylic acids is 3. The van der Waals surface area contributed by atoms with Crippen LogP contribution >= 0.6 is 11.6 Å². The van der Waals surface area contributed by atoms with Crippen molar-refractivity contribution in [1.82, 2.24) is 15.1 Å². The van der Waals surface area contributed by atoms with E-state index in [-0.39, 0.29) is 24.2 Å². The average Bonchev–Trinajstić information content (AvgIpc) is 3.54. The van der Waals surface area contributed by atoms with Crippen molar-refractivity contribution in [2.45, 2.75) is 31.8 Å². The number of piperazine rings is 1. The van der Waals surface area contributed by atoms with Gasteiger partial charge in [0.1, 0.15) is 29.9 Å². The van der Waals surface area contributed by atoms with E-state index in [0.29, 0.717) is 59.6 Å². The van der Waals surface area contributed by atoms with Gasteiger partial charge in [0.2, 0.25) is 11.8 Å². The summed E-state index contributed by atoms with van der Waals surface area (Å²) in [6.45, 7) is 5.60. The highest BCUT2D eigenvalue weighted by molar-refractivity contribution is 6.30. The van der Waals surface area contributed by atoms with Crippen molar-refractivity contribution in [2.24, 2.45) is 5.92 Å². The average molecular weight is 594 g/mol. The summed E-state index contributed by atoms with van der Waals surface area (Å²) in [7, 11) is 3.03. The minimum atomic E-state index is -0.956. The highest BCUT2D eigenvalue weighted by Gasteiger charge is 2.58. The van der Waals surface area contributed by atoms with Gasteiger partial charge in [0.15, 0.2) is 5.78 Å². The zero-order valence-corrected chi connectivity index (χ0v) is 25.0. The number of halogens is 1. The Balaban J connectivity index is 1.76. The van der Waals surface area contributed by atoms with Gasteiger partial charge < -0.3 is 29.0 Å². The maximum absolute atomic E-state index is 14.7. The Hall–Kier alpha value is -3.66. The molecule has 2 saturated heterocycles. The molecule has 1 N–H and O–H groups in total. The van der Waals surface area contributed by atoms with Gasteiger partial charge in [-0.15, -0.1) is 0 Å². The number of hydrogen-bond donors (Lipinski definition) is 1. The summed E-state index contributed by atoms with van der Waals surface area (Å²) in [6, 6.07) is 14.5. The number of rotatable bonds is 8. The normalized spacial score (nSPS) is 22.3. The van der Waals surface area contributed by atoms with E-state index in [9.17, 15) is 14.4 Å². The number of nitrogens with zero attached hydrogens (tertiary/aromatic N) is 2. The van der Waals surface area contributed by atoms with E-state index >= 15 is 0 Å². The van der Waals surface area contributed by atoms with Crippen LogP contribution in [0.4, 0.5) is 0 Å². The monoisotopic (exact) mass is 593 g/mol. The molecule has 0 aliphatic carbocycles. The number of nitrogens with one attached hydrogen (secondary N) is 1.